The number of nitrogens with zero attached hydrogens (tertiary/aromatic N) is 3. The van der Waals surface area contributed by atoms with E-state index in [0.29, 0.717) is 18.8 Å². The van der Waals surface area contributed by atoms with E-state index in [9.17, 15) is 14.4 Å². The molecule has 0 aromatic carbocycles. The number of hydrogen-bond donors (Lipinski definition) is 4. The number of carboxylic acid groups (broad SMARTS) is 1. The van der Waals surface area contributed by atoms with Crippen LogP contribution in [-0.2, 0) is 22.7 Å². The Morgan fingerprint density at radius 1 is 1.25 bits per heavy atom. The highest BCUT2D eigenvalue weighted by Crippen LogP contribution is 1.92. The van der Waals surface area contributed by atoms with Gasteiger partial charge in [0.2, 0.25) is 5.91 Å². The van der Waals surface area contributed by atoms with Crippen molar-refractivity contribution in [3.8, 4) is 0 Å². The monoisotopic (exact) mass is 284 g/mol. The summed E-state index contributed by atoms with van der Waals surface area (Å²) in [6, 6.07) is -0.414. The molecule has 0 aliphatic heterocycles. The fraction of sp³-hybridized carbons (Fsp3) is 0.500. The molecule has 0 radical (unpaired) electrons. The normalized spacial score (nSPS) is 9.85. The summed E-state index contributed by atoms with van der Waals surface area (Å²) < 4.78 is 1.16. The molecule has 4 N–H and O–H groups in total. The largest absolute Gasteiger partial charge is 0.480 e. The number of rotatable bonds is 7. The molecule has 0 unspecified atom stereocenters. The van der Waals surface area contributed by atoms with Gasteiger partial charge in [-0.25, -0.2) is 9.48 Å². The van der Waals surface area contributed by atoms with E-state index in [-0.39, 0.29) is 19.0 Å². The second-order valence-electron chi connectivity index (χ2n) is 3.89. The molecule has 3 amide bonds. The summed E-state index contributed by atoms with van der Waals surface area (Å²) in [4.78, 5) is 32.4. The molecule has 0 aliphatic rings. The molecule has 0 fully saturated rings. The zero-order valence-electron chi connectivity index (χ0n) is 10.9. The van der Waals surface area contributed by atoms with Crippen LogP contribution in [0.4, 0.5) is 4.79 Å². The summed E-state index contributed by atoms with van der Waals surface area (Å²) in [6.45, 7) is 1.89. The molecular weight excluding hydrogens is 268 g/mol. The van der Waals surface area contributed by atoms with Crippen molar-refractivity contribution in [1.29, 1.82) is 0 Å². The number of amides is 3. The zero-order valence-corrected chi connectivity index (χ0v) is 10.9. The number of hydrogen-bond acceptors (Lipinski definition) is 5. The lowest BCUT2D eigenvalue weighted by atomic mass is 10.4. The van der Waals surface area contributed by atoms with Crippen molar-refractivity contribution < 1.29 is 19.5 Å². The highest BCUT2D eigenvalue weighted by Gasteiger charge is 2.05. The maximum absolute atomic E-state index is 11.4. The van der Waals surface area contributed by atoms with Crippen molar-refractivity contribution in [2.75, 3.05) is 13.1 Å². The molecule has 1 aromatic heterocycles. The third-order valence-electron chi connectivity index (χ3n) is 2.10. The lowest BCUT2D eigenvalue weighted by Gasteiger charge is -2.06. The van der Waals surface area contributed by atoms with Crippen molar-refractivity contribution in [1.82, 2.24) is 30.9 Å². The minimum absolute atomic E-state index is 0.131. The second-order valence-corrected chi connectivity index (χ2v) is 3.89. The van der Waals surface area contributed by atoms with Crippen molar-refractivity contribution in [2.45, 2.75) is 20.0 Å². The summed E-state index contributed by atoms with van der Waals surface area (Å²) in [6.07, 6.45) is 1.44. The van der Waals surface area contributed by atoms with Crippen LogP contribution in [0, 0.1) is 0 Å². The second kappa shape index (κ2) is 7.71. The Balaban J connectivity index is 2.22. The van der Waals surface area contributed by atoms with Gasteiger partial charge in [-0.2, -0.15) is 0 Å². The third-order valence-corrected chi connectivity index (χ3v) is 2.10. The molecule has 10 heteroatoms. The van der Waals surface area contributed by atoms with Crippen LogP contribution in [0.3, 0.4) is 0 Å². The molecule has 110 valence electrons. The van der Waals surface area contributed by atoms with Crippen molar-refractivity contribution in [2.24, 2.45) is 0 Å². The van der Waals surface area contributed by atoms with Gasteiger partial charge in [-0.1, -0.05) is 5.21 Å². The number of urea groups is 1. The predicted octanol–water partition coefficient (Wildman–Crippen LogP) is -1.70. The fourth-order valence-corrected chi connectivity index (χ4v) is 1.28. The SMILES string of the molecule is CC(=O)NCCNC(=O)NCc1cn(CC(=O)O)nn1. The van der Waals surface area contributed by atoms with E-state index >= 15 is 0 Å². The molecule has 0 saturated heterocycles. The summed E-state index contributed by atoms with van der Waals surface area (Å²) in [5.41, 5.74) is 0.447. The van der Waals surface area contributed by atoms with Gasteiger partial charge >= 0.3 is 12.0 Å². The van der Waals surface area contributed by atoms with Crippen LogP contribution in [0.1, 0.15) is 12.6 Å². The molecule has 1 aromatic rings. The standard InChI is InChI=1S/C10H16N6O4/c1-7(17)11-2-3-12-10(20)13-4-8-5-16(15-14-8)6-9(18)19/h5H,2-4,6H2,1H3,(H,11,17)(H,18,19)(H2,12,13,20). The van der Waals surface area contributed by atoms with E-state index in [1.54, 1.807) is 0 Å². The first-order chi connectivity index (χ1) is 9.47. The Bertz CT molecular complexity index is 486. The van der Waals surface area contributed by atoms with E-state index in [1.807, 2.05) is 0 Å². The van der Waals surface area contributed by atoms with E-state index in [1.165, 1.54) is 13.1 Å². The van der Waals surface area contributed by atoms with E-state index < -0.39 is 12.0 Å². The number of aromatic nitrogens is 3. The van der Waals surface area contributed by atoms with Crippen LogP contribution in [0.15, 0.2) is 6.20 Å². The first-order valence-corrected chi connectivity index (χ1v) is 5.84. The summed E-state index contributed by atoms with van der Waals surface area (Å²) in [7, 11) is 0. The van der Waals surface area contributed by atoms with Gasteiger partial charge in [0.05, 0.1) is 12.7 Å². The molecule has 0 bridgehead atoms. The fourth-order valence-electron chi connectivity index (χ4n) is 1.28. The summed E-state index contributed by atoms with van der Waals surface area (Å²) in [5, 5.41) is 23.5. The number of aliphatic carboxylic acids is 1. The predicted molar refractivity (Wildman–Crippen MR) is 66.6 cm³/mol. The molecule has 0 spiro atoms. The van der Waals surface area contributed by atoms with Crippen molar-refractivity contribution in [3.63, 3.8) is 0 Å². The summed E-state index contributed by atoms with van der Waals surface area (Å²) in [5.74, 6) is -1.19. The molecule has 10 nitrogen and oxygen atoms in total. The van der Waals surface area contributed by atoms with Crippen molar-refractivity contribution >= 4 is 17.9 Å². The van der Waals surface area contributed by atoms with Crippen molar-refractivity contribution in [3.05, 3.63) is 11.9 Å². The Kier molecular flexibility index (Phi) is 5.94. The molecule has 0 saturated carbocycles. The van der Waals surface area contributed by atoms with Crippen LogP contribution in [0.2, 0.25) is 0 Å². The number of carbonyl (C=O) groups excluding carboxylic acids is 2. The van der Waals surface area contributed by atoms with Gasteiger partial charge in [0.15, 0.2) is 0 Å². The Labute approximate surface area is 114 Å². The average Bonchev–Trinajstić information content (AvgIpc) is 2.78. The maximum Gasteiger partial charge on any atom is 0.325 e. The van der Waals surface area contributed by atoms with Crippen LogP contribution in [0.25, 0.3) is 0 Å². The van der Waals surface area contributed by atoms with Crippen LogP contribution >= 0.6 is 0 Å². The molecule has 0 aliphatic carbocycles. The summed E-state index contributed by atoms with van der Waals surface area (Å²) >= 11 is 0. The van der Waals surface area contributed by atoms with E-state index in [4.69, 9.17) is 5.11 Å². The lowest BCUT2D eigenvalue weighted by molar-refractivity contribution is -0.137. The Morgan fingerprint density at radius 2 is 1.95 bits per heavy atom. The van der Waals surface area contributed by atoms with Gasteiger partial charge in [0.25, 0.3) is 0 Å². The Morgan fingerprint density at radius 3 is 2.60 bits per heavy atom. The van der Waals surface area contributed by atoms with Crippen LogP contribution in [0.5, 0.6) is 0 Å². The highest BCUT2D eigenvalue weighted by atomic mass is 16.4. The van der Waals surface area contributed by atoms with E-state index in [0.717, 1.165) is 4.68 Å². The zero-order chi connectivity index (χ0) is 15.0. The molecule has 1 heterocycles. The molecule has 1 rings (SSSR count). The van der Waals surface area contributed by atoms with Gasteiger partial charge in [-0.15, -0.1) is 5.10 Å². The van der Waals surface area contributed by atoms with Gasteiger partial charge in [0, 0.05) is 20.0 Å². The number of carbonyl (C=O) groups is 3. The minimum atomic E-state index is -1.02. The average molecular weight is 284 g/mol. The third kappa shape index (κ3) is 6.33. The topological polar surface area (TPSA) is 138 Å². The van der Waals surface area contributed by atoms with Crippen LogP contribution < -0.4 is 16.0 Å². The van der Waals surface area contributed by atoms with Gasteiger partial charge in [-0.05, 0) is 0 Å². The molecule has 0 atom stereocenters. The molecular formula is C10H16N6O4. The first-order valence-electron chi connectivity index (χ1n) is 5.84. The maximum atomic E-state index is 11.4. The number of nitrogens with one attached hydrogen (secondary N) is 3. The lowest BCUT2D eigenvalue weighted by Crippen LogP contribution is -2.39. The van der Waals surface area contributed by atoms with Gasteiger partial charge in [0.1, 0.15) is 12.2 Å². The number of carboxylic acids is 1. The first kappa shape index (κ1) is 15.4. The van der Waals surface area contributed by atoms with Crippen LogP contribution in [-0.4, -0.2) is 51.1 Å². The van der Waals surface area contributed by atoms with Gasteiger partial charge < -0.3 is 21.1 Å². The highest BCUT2D eigenvalue weighted by molar-refractivity contribution is 5.74. The quantitative estimate of drug-likeness (QED) is 0.440. The smallest absolute Gasteiger partial charge is 0.325 e. The minimum Gasteiger partial charge on any atom is -0.480 e. The molecule has 20 heavy (non-hydrogen) atoms. The van der Waals surface area contributed by atoms with E-state index in [2.05, 4.69) is 26.3 Å². The van der Waals surface area contributed by atoms with Gasteiger partial charge in [-0.3, -0.25) is 9.59 Å². The Hall–Kier alpha value is -2.65.